The number of aryl methyl sites for hydroxylation is 1. The summed E-state index contributed by atoms with van der Waals surface area (Å²) in [5.41, 5.74) is 9.09. The lowest BCUT2D eigenvalue weighted by Crippen LogP contribution is -2.53. The van der Waals surface area contributed by atoms with Gasteiger partial charge in [-0.1, -0.05) is 12.1 Å². The maximum absolute atomic E-state index is 12.4. The second-order valence-corrected chi connectivity index (χ2v) is 5.98. The first kappa shape index (κ1) is 14.8. The van der Waals surface area contributed by atoms with Crippen molar-refractivity contribution in [2.45, 2.75) is 26.3 Å². The van der Waals surface area contributed by atoms with Crippen molar-refractivity contribution < 1.29 is 9.59 Å². The minimum absolute atomic E-state index is 0.0129. The highest BCUT2D eigenvalue weighted by Gasteiger charge is 2.32. The number of anilines is 1. The molecule has 2 aliphatic heterocycles. The van der Waals surface area contributed by atoms with Crippen molar-refractivity contribution in [1.29, 1.82) is 0 Å². The van der Waals surface area contributed by atoms with Crippen LogP contribution in [-0.2, 0) is 9.59 Å². The first-order valence-corrected chi connectivity index (χ1v) is 7.70. The van der Waals surface area contributed by atoms with Crippen LogP contribution in [0.25, 0.3) is 0 Å². The molecule has 2 amide bonds. The van der Waals surface area contributed by atoms with Crippen LogP contribution in [0.5, 0.6) is 0 Å². The second kappa shape index (κ2) is 5.96. The topological polar surface area (TPSA) is 64.7 Å². The lowest BCUT2D eigenvalue weighted by atomic mass is 10.1. The van der Waals surface area contributed by atoms with E-state index >= 15 is 0 Å². The molecule has 0 saturated carbocycles. The van der Waals surface area contributed by atoms with Gasteiger partial charge < -0.3 is 9.80 Å². The van der Waals surface area contributed by atoms with Gasteiger partial charge in [-0.25, -0.2) is 5.43 Å². The van der Waals surface area contributed by atoms with E-state index in [1.165, 1.54) is 16.8 Å². The zero-order chi connectivity index (χ0) is 15.7. The van der Waals surface area contributed by atoms with Crippen LogP contribution in [0, 0.1) is 13.8 Å². The van der Waals surface area contributed by atoms with Gasteiger partial charge in [0, 0.05) is 31.9 Å². The molecule has 1 aromatic carbocycles. The van der Waals surface area contributed by atoms with Crippen molar-refractivity contribution in [3.05, 3.63) is 29.3 Å². The van der Waals surface area contributed by atoms with Crippen molar-refractivity contribution >= 4 is 17.5 Å². The number of hydrogen-bond acceptors (Lipinski definition) is 4. The van der Waals surface area contributed by atoms with E-state index in [1.54, 1.807) is 0 Å². The third-order valence-electron chi connectivity index (χ3n) is 4.58. The number of nitrogens with zero attached hydrogens (tertiary/aromatic N) is 2. The van der Waals surface area contributed by atoms with E-state index in [1.807, 2.05) is 4.90 Å². The van der Waals surface area contributed by atoms with Crippen LogP contribution in [0.15, 0.2) is 18.2 Å². The van der Waals surface area contributed by atoms with Gasteiger partial charge in [0.25, 0.3) is 0 Å². The Labute approximate surface area is 130 Å². The Hall–Kier alpha value is -2.08. The van der Waals surface area contributed by atoms with Crippen molar-refractivity contribution in [3.63, 3.8) is 0 Å². The van der Waals surface area contributed by atoms with Gasteiger partial charge in [0.2, 0.25) is 11.8 Å². The molecule has 0 spiro atoms. The Morgan fingerprint density at radius 1 is 1.18 bits per heavy atom. The molecule has 0 aliphatic carbocycles. The molecule has 2 fully saturated rings. The fraction of sp³-hybridized carbons (Fsp3) is 0.500. The van der Waals surface area contributed by atoms with Crippen LogP contribution < -0.4 is 15.8 Å². The molecule has 2 saturated heterocycles. The van der Waals surface area contributed by atoms with E-state index < -0.39 is 6.04 Å². The molecule has 0 aromatic heterocycles. The maximum Gasteiger partial charge on any atom is 0.242 e. The standard InChI is InChI=1S/C16H22N4O2/c1-11-4-3-5-14(12(11)2)19-6-8-20(9-7-19)16(22)13-10-15(21)18-17-13/h3-5,13,17H,6-10H2,1-2H3,(H,18,21). The molecule has 118 valence electrons. The normalized spacial score (nSPS) is 21.9. The Morgan fingerprint density at radius 2 is 1.91 bits per heavy atom. The SMILES string of the molecule is Cc1cccc(N2CCN(C(=O)C3CC(=O)NN3)CC2)c1C. The fourth-order valence-electron chi connectivity index (χ4n) is 3.07. The fourth-order valence-corrected chi connectivity index (χ4v) is 3.07. The highest BCUT2D eigenvalue weighted by atomic mass is 16.2. The molecule has 2 N–H and O–H groups in total. The summed E-state index contributed by atoms with van der Waals surface area (Å²) in [4.78, 5) is 27.7. The third kappa shape index (κ3) is 2.78. The number of hydrazine groups is 1. The van der Waals surface area contributed by atoms with Crippen LogP contribution in [0.1, 0.15) is 17.5 Å². The van der Waals surface area contributed by atoms with Crippen LogP contribution in [-0.4, -0.2) is 48.9 Å². The van der Waals surface area contributed by atoms with E-state index in [0.717, 1.165) is 13.1 Å². The van der Waals surface area contributed by atoms with Crippen molar-refractivity contribution in [1.82, 2.24) is 15.8 Å². The zero-order valence-corrected chi connectivity index (χ0v) is 13.1. The van der Waals surface area contributed by atoms with Gasteiger partial charge in [0.1, 0.15) is 6.04 Å². The van der Waals surface area contributed by atoms with Crippen LogP contribution in [0.3, 0.4) is 0 Å². The third-order valence-corrected chi connectivity index (χ3v) is 4.58. The summed E-state index contributed by atoms with van der Waals surface area (Å²) < 4.78 is 0. The highest BCUT2D eigenvalue weighted by Crippen LogP contribution is 2.24. The largest absolute Gasteiger partial charge is 0.368 e. The summed E-state index contributed by atoms with van der Waals surface area (Å²) in [6.07, 6.45) is 0.232. The van der Waals surface area contributed by atoms with Crippen LogP contribution >= 0.6 is 0 Å². The number of carbonyl (C=O) groups is 2. The summed E-state index contributed by atoms with van der Waals surface area (Å²) in [6.45, 7) is 7.29. The Balaban J connectivity index is 1.62. The quantitative estimate of drug-likeness (QED) is 0.827. The summed E-state index contributed by atoms with van der Waals surface area (Å²) in [5.74, 6) is -0.105. The molecular formula is C16H22N4O2. The predicted molar refractivity (Wildman–Crippen MR) is 84.4 cm³/mol. The van der Waals surface area contributed by atoms with E-state index in [2.05, 4.69) is 47.8 Å². The zero-order valence-electron chi connectivity index (χ0n) is 13.1. The Morgan fingerprint density at radius 3 is 2.55 bits per heavy atom. The number of hydrogen-bond donors (Lipinski definition) is 2. The molecule has 6 heteroatoms. The van der Waals surface area contributed by atoms with Gasteiger partial charge in [-0.05, 0) is 31.0 Å². The lowest BCUT2D eigenvalue weighted by Gasteiger charge is -2.37. The summed E-state index contributed by atoms with van der Waals surface area (Å²) in [5, 5.41) is 0. The van der Waals surface area contributed by atoms with Crippen LogP contribution in [0.4, 0.5) is 5.69 Å². The van der Waals surface area contributed by atoms with Crippen LogP contribution in [0.2, 0.25) is 0 Å². The lowest BCUT2D eigenvalue weighted by molar-refractivity contribution is -0.134. The van der Waals surface area contributed by atoms with Gasteiger partial charge in [-0.2, -0.15) is 0 Å². The molecule has 2 heterocycles. The van der Waals surface area contributed by atoms with Gasteiger partial charge in [0.15, 0.2) is 0 Å². The average Bonchev–Trinajstić information content (AvgIpc) is 2.96. The van der Waals surface area contributed by atoms with Crippen molar-refractivity contribution in [2.24, 2.45) is 0 Å². The average molecular weight is 302 g/mol. The smallest absolute Gasteiger partial charge is 0.242 e. The van der Waals surface area contributed by atoms with Gasteiger partial charge in [0.05, 0.1) is 6.42 Å². The molecule has 1 unspecified atom stereocenters. The Bertz CT molecular complexity index is 594. The molecule has 1 aromatic rings. The number of benzene rings is 1. The monoisotopic (exact) mass is 302 g/mol. The first-order chi connectivity index (χ1) is 10.6. The van der Waals surface area contributed by atoms with Gasteiger partial charge in [-0.3, -0.25) is 15.0 Å². The molecule has 3 rings (SSSR count). The number of piperazine rings is 1. The predicted octanol–water partition coefficient (Wildman–Crippen LogP) is 0.345. The van der Waals surface area contributed by atoms with Gasteiger partial charge in [-0.15, -0.1) is 0 Å². The molecule has 22 heavy (non-hydrogen) atoms. The molecule has 0 bridgehead atoms. The second-order valence-electron chi connectivity index (χ2n) is 5.98. The molecule has 2 aliphatic rings. The van der Waals surface area contributed by atoms with Gasteiger partial charge >= 0.3 is 0 Å². The minimum atomic E-state index is -0.417. The molecule has 0 radical (unpaired) electrons. The number of nitrogens with one attached hydrogen (secondary N) is 2. The number of rotatable bonds is 2. The summed E-state index contributed by atoms with van der Waals surface area (Å²) in [6, 6.07) is 5.92. The van der Waals surface area contributed by atoms with E-state index in [-0.39, 0.29) is 18.2 Å². The van der Waals surface area contributed by atoms with E-state index in [4.69, 9.17) is 0 Å². The molecular weight excluding hydrogens is 280 g/mol. The van der Waals surface area contributed by atoms with E-state index in [9.17, 15) is 9.59 Å². The number of amides is 2. The van der Waals surface area contributed by atoms with E-state index in [0.29, 0.717) is 13.1 Å². The number of carbonyl (C=O) groups excluding carboxylic acids is 2. The first-order valence-electron chi connectivity index (χ1n) is 7.70. The molecule has 1 atom stereocenters. The van der Waals surface area contributed by atoms with Crippen molar-refractivity contribution in [3.8, 4) is 0 Å². The Kier molecular flexibility index (Phi) is 4.02. The summed E-state index contributed by atoms with van der Waals surface area (Å²) in [7, 11) is 0. The summed E-state index contributed by atoms with van der Waals surface area (Å²) >= 11 is 0. The minimum Gasteiger partial charge on any atom is -0.368 e. The van der Waals surface area contributed by atoms with Crippen molar-refractivity contribution in [2.75, 3.05) is 31.1 Å². The molecule has 6 nitrogen and oxygen atoms in total. The maximum atomic E-state index is 12.4. The highest BCUT2D eigenvalue weighted by molar-refractivity contribution is 5.91.